The topological polar surface area (TPSA) is 85.1 Å². The van der Waals surface area contributed by atoms with E-state index in [4.69, 9.17) is 11.6 Å². The molecule has 0 aliphatic rings. The number of pyridine rings is 1. The van der Waals surface area contributed by atoms with E-state index in [2.05, 4.69) is 26.2 Å². The Hall–Kier alpha value is -1.99. The normalized spacial score (nSPS) is 10.1. The monoisotopic (exact) mass is 355 g/mol. The van der Waals surface area contributed by atoms with Crippen molar-refractivity contribution >= 4 is 44.9 Å². The summed E-state index contributed by atoms with van der Waals surface area (Å²) in [6, 6.07) is 8.70. The van der Waals surface area contributed by atoms with E-state index in [1.165, 1.54) is 18.2 Å². The van der Waals surface area contributed by atoms with Crippen LogP contribution in [0.5, 0.6) is 0 Å². The molecule has 1 aromatic heterocycles. The number of carbonyl (C=O) groups excluding carboxylic acids is 1. The number of carbonyl (C=O) groups is 1. The molecule has 0 bridgehead atoms. The number of amides is 1. The Morgan fingerprint density at radius 1 is 1.35 bits per heavy atom. The smallest absolute Gasteiger partial charge is 0.270 e. The second kappa shape index (κ2) is 5.98. The maximum Gasteiger partial charge on any atom is 0.270 e. The molecular weight excluding hydrogens is 350 g/mol. The summed E-state index contributed by atoms with van der Waals surface area (Å²) in [5.74, 6) is -0.253. The van der Waals surface area contributed by atoms with Crippen LogP contribution in [0.25, 0.3) is 0 Å². The molecular formula is C12H7BrClN3O3. The molecule has 6 nitrogen and oxygen atoms in total. The molecule has 0 spiro atoms. The number of anilines is 1. The van der Waals surface area contributed by atoms with Crippen LogP contribution in [-0.4, -0.2) is 15.8 Å². The van der Waals surface area contributed by atoms with E-state index in [9.17, 15) is 14.9 Å². The highest BCUT2D eigenvalue weighted by Crippen LogP contribution is 2.23. The van der Waals surface area contributed by atoms with E-state index < -0.39 is 10.8 Å². The minimum absolute atomic E-state index is 0.140. The molecule has 0 radical (unpaired) electrons. The lowest BCUT2D eigenvalue weighted by atomic mass is 10.2. The van der Waals surface area contributed by atoms with Gasteiger partial charge in [0.2, 0.25) is 0 Å². The van der Waals surface area contributed by atoms with Crippen LogP contribution in [-0.2, 0) is 0 Å². The van der Waals surface area contributed by atoms with E-state index in [0.717, 1.165) is 0 Å². The molecule has 1 aromatic carbocycles. The van der Waals surface area contributed by atoms with Gasteiger partial charge in [0.25, 0.3) is 11.6 Å². The maximum atomic E-state index is 12.1. The summed E-state index contributed by atoms with van der Waals surface area (Å²) in [6.07, 6.45) is 0. The molecule has 0 fully saturated rings. The van der Waals surface area contributed by atoms with Gasteiger partial charge in [0, 0.05) is 16.6 Å². The van der Waals surface area contributed by atoms with Gasteiger partial charge in [-0.05, 0) is 34.1 Å². The lowest BCUT2D eigenvalue weighted by Gasteiger charge is -2.06. The molecule has 2 rings (SSSR count). The number of aromatic nitrogens is 1. The second-order valence-electron chi connectivity index (χ2n) is 3.72. The molecule has 0 aliphatic heterocycles. The molecule has 20 heavy (non-hydrogen) atoms. The summed E-state index contributed by atoms with van der Waals surface area (Å²) in [4.78, 5) is 26.1. The Labute approximate surface area is 127 Å². The zero-order chi connectivity index (χ0) is 14.7. The fourth-order valence-electron chi connectivity index (χ4n) is 1.46. The van der Waals surface area contributed by atoms with Gasteiger partial charge in [-0.15, -0.1) is 0 Å². The first-order chi connectivity index (χ1) is 9.47. The highest BCUT2D eigenvalue weighted by Gasteiger charge is 2.16. The van der Waals surface area contributed by atoms with Crippen molar-refractivity contribution in [3.05, 3.63) is 61.7 Å². The van der Waals surface area contributed by atoms with Crippen LogP contribution < -0.4 is 5.32 Å². The number of nitro benzene ring substituents is 1. The first kappa shape index (κ1) is 14.4. The molecule has 0 saturated carbocycles. The van der Waals surface area contributed by atoms with Crippen LogP contribution in [0.15, 0.2) is 40.9 Å². The number of nitrogens with zero attached hydrogens (tertiary/aromatic N) is 2. The Bertz CT molecular complexity index is 693. The van der Waals surface area contributed by atoms with Crippen molar-refractivity contribution in [3.63, 3.8) is 0 Å². The molecule has 8 heteroatoms. The number of hydrogen-bond acceptors (Lipinski definition) is 4. The van der Waals surface area contributed by atoms with Crippen molar-refractivity contribution in [3.8, 4) is 0 Å². The molecule has 0 unspecified atom stereocenters. The first-order valence-corrected chi connectivity index (χ1v) is 6.52. The van der Waals surface area contributed by atoms with Gasteiger partial charge in [0.1, 0.15) is 11.0 Å². The van der Waals surface area contributed by atoms with Gasteiger partial charge < -0.3 is 5.32 Å². The zero-order valence-corrected chi connectivity index (χ0v) is 12.2. The predicted molar refractivity (Wildman–Crippen MR) is 78.0 cm³/mol. The average molecular weight is 357 g/mol. The van der Waals surface area contributed by atoms with Gasteiger partial charge in [-0.3, -0.25) is 14.9 Å². The molecule has 0 aliphatic carbocycles. The van der Waals surface area contributed by atoms with Crippen molar-refractivity contribution in [2.45, 2.75) is 0 Å². The first-order valence-electron chi connectivity index (χ1n) is 5.35. The van der Waals surface area contributed by atoms with Gasteiger partial charge in [0.15, 0.2) is 0 Å². The van der Waals surface area contributed by atoms with Gasteiger partial charge in [-0.1, -0.05) is 17.7 Å². The largest absolute Gasteiger partial charge is 0.306 e. The number of nitro groups is 1. The SMILES string of the molecule is O=C(Nc1cccc(Cl)n1)c1cc([N+](=O)[O-])ccc1Br. The van der Waals surface area contributed by atoms with Crippen LogP contribution in [0.1, 0.15) is 10.4 Å². The predicted octanol–water partition coefficient (Wildman–Crippen LogP) is 3.66. The number of benzene rings is 1. The van der Waals surface area contributed by atoms with E-state index in [0.29, 0.717) is 4.47 Å². The molecule has 2 aromatic rings. The Morgan fingerprint density at radius 3 is 2.75 bits per heavy atom. The Kier molecular flexibility index (Phi) is 4.31. The minimum atomic E-state index is -0.569. The number of halogens is 2. The quantitative estimate of drug-likeness (QED) is 0.516. The molecule has 1 heterocycles. The summed E-state index contributed by atoms with van der Waals surface area (Å²) >= 11 is 8.89. The lowest BCUT2D eigenvalue weighted by molar-refractivity contribution is -0.384. The second-order valence-corrected chi connectivity index (χ2v) is 4.96. The highest BCUT2D eigenvalue weighted by atomic mass is 79.9. The maximum absolute atomic E-state index is 12.1. The van der Waals surface area contributed by atoms with Gasteiger partial charge in [0.05, 0.1) is 10.5 Å². The summed E-state index contributed by atoms with van der Waals surface area (Å²) in [5, 5.41) is 13.5. The van der Waals surface area contributed by atoms with E-state index in [1.807, 2.05) is 0 Å². The molecule has 1 amide bonds. The van der Waals surface area contributed by atoms with Crippen LogP contribution in [0.4, 0.5) is 11.5 Å². The molecule has 0 saturated heterocycles. The summed E-state index contributed by atoms with van der Waals surface area (Å²) in [6.45, 7) is 0. The van der Waals surface area contributed by atoms with Crippen LogP contribution in [0.3, 0.4) is 0 Å². The zero-order valence-electron chi connectivity index (χ0n) is 9.84. The van der Waals surface area contributed by atoms with Crippen LogP contribution in [0, 0.1) is 10.1 Å². The Morgan fingerprint density at radius 2 is 2.10 bits per heavy atom. The van der Waals surface area contributed by atoms with Crippen LogP contribution in [0.2, 0.25) is 5.15 Å². The van der Waals surface area contributed by atoms with Crippen LogP contribution >= 0.6 is 27.5 Å². The lowest BCUT2D eigenvalue weighted by Crippen LogP contribution is -2.13. The van der Waals surface area contributed by atoms with Gasteiger partial charge in [-0.25, -0.2) is 4.98 Å². The van der Waals surface area contributed by atoms with Crippen molar-refractivity contribution in [1.29, 1.82) is 0 Å². The standard InChI is InChI=1S/C12H7BrClN3O3/c13-9-5-4-7(17(19)20)6-8(9)12(18)16-11-3-1-2-10(14)15-11/h1-6H,(H,15,16,18). The number of nitrogens with one attached hydrogen (secondary N) is 1. The number of non-ortho nitro benzene ring substituents is 1. The number of rotatable bonds is 3. The van der Waals surface area contributed by atoms with Crippen molar-refractivity contribution in [2.24, 2.45) is 0 Å². The fourth-order valence-corrected chi connectivity index (χ4v) is 2.05. The summed E-state index contributed by atoms with van der Waals surface area (Å²) < 4.78 is 0.447. The van der Waals surface area contributed by atoms with E-state index in [1.54, 1.807) is 18.2 Å². The third-order valence-corrected chi connectivity index (χ3v) is 3.26. The van der Waals surface area contributed by atoms with E-state index >= 15 is 0 Å². The fraction of sp³-hybridized carbons (Fsp3) is 0. The van der Waals surface area contributed by atoms with E-state index in [-0.39, 0.29) is 22.2 Å². The molecule has 102 valence electrons. The van der Waals surface area contributed by atoms with Gasteiger partial charge in [-0.2, -0.15) is 0 Å². The van der Waals surface area contributed by atoms with Gasteiger partial charge >= 0.3 is 0 Å². The molecule has 1 N–H and O–H groups in total. The summed E-state index contributed by atoms with van der Waals surface area (Å²) in [5.41, 5.74) is -0.0293. The molecule has 0 atom stereocenters. The highest BCUT2D eigenvalue weighted by molar-refractivity contribution is 9.10. The van der Waals surface area contributed by atoms with Crippen molar-refractivity contribution in [2.75, 3.05) is 5.32 Å². The minimum Gasteiger partial charge on any atom is -0.306 e. The Balaban J connectivity index is 2.29. The third kappa shape index (κ3) is 3.31. The summed E-state index contributed by atoms with van der Waals surface area (Å²) in [7, 11) is 0. The van der Waals surface area contributed by atoms with Crippen molar-refractivity contribution in [1.82, 2.24) is 4.98 Å². The third-order valence-electron chi connectivity index (χ3n) is 2.36. The number of hydrogen-bond donors (Lipinski definition) is 1. The average Bonchev–Trinajstić information content (AvgIpc) is 2.38. The van der Waals surface area contributed by atoms with Crippen molar-refractivity contribution < 1.29 is 9.72 Å².